The van der Waals surface area contributed by atoms with E-state index in [0.717, 1.165) is 0 Å². The number of benzene rings is 1. The van der Waals surface area contributed by atoms with Crippen molar-refractivity contribution in [1.82, 2.24) is 9.29 Å². The normalized spacial score (nSPS) is 12.5. The van der Waals surface area contributed by atoms with Crippen LogP contribution in [0.15, 0.2) is 40.5 Å². The average molecular weight is 450 g/mol. The minimum atomic E-state index is -3.54. The van der Waals surface area contributed by atoms with Crippen molar-refractivity contribution in [1.29, 1.82) is 0 Å². The van der Waals surface area contributed by atoms with Crippen LogP contribution in [0.2, 0.25) is 15.1 Å². The van der Waals surface area contributed by atoms with E-state index in [-0.39, 0.29) is 9.92 Å². The minimum absolute atomic E-state index is 0.130. The van der Waals surface area contributed by atoms with Crippen molar-refractivity contribution >= 4 is 56.4 Å². The van der Waals surface area contributed by atoms with Gasteiger partial charge >= 0.3 is 0 Å². The van der Waals surface area contributed by atoms with E-state index >= 15 is 0 Å². The molecule has 0 aliphatic rings. The van der Waals surface area contributed by atoms with Crippen LogP contribution in [-0.4, -0.2) is 36.5 Å². The van der Waals surface area contributed by atoms with Gasteiger partial charge in [0.05, 0.1) is 20.8 Å². The van der Waals surface area contributed by atoms with Gasteiger partial charge in [-0.05, 0) is 25.1 Å². The Hall–Kier alpha value is -1.38. The zero-order valence-corrected chi connectivity index (χ0v) is 18.1. The van der Waals surface area contributed by atoms with Crippen molar-refractivity contribution in [3.8, 4) is 0 Å². The van der Waals surface area contributed by atoms with Crippen molar-refractivity contribution < 1.29 is 8.42 Å². The molecule has 0 saturated heterocycles. The fraction of sp³-hybridized carbons (Fsp3) is 0.294. The fourth-order valence-electron chi connectivity index (χ4n) is 2.32. The van der Waals surface area contributed by atoms with Crippen LogP contribution in [0.1, 0.15) is 26.3 Å². The van der Waals surface area contributed by atoms with Gasteiger partial charge in [-0.3, -0.25) is 5.43 Å². The third-order valence-electron chi connectivity index (χ3n) is 3.84. The van der Waals surface area contributed by atoms with Gasteiger partial charge in [-0.1, -0.05) is 54.7 Å². The number of aromatic nitrogens is 1. The fourth-order valence-corrected chi connectivity index (χ4v) is 4.39. The largest absolute Gasteiger partial charge is 0.261 e. The van der Waals surface area contributed by atoms with Gasteiger partial charge in [-0.25, -0.2) is 13.4 Å². The van der Waals surface area contributed by atoms with Crippen LogP contribution >= 0.6 is 34.8 Å². The summed E-state index contributed by atoms with van der Waals surface area (Å²) in [5, 5.41) is 5.14. The highest BCUT2D eigenvalue weighted by Gasteiger charge is 2.21. The number of nitrogens with zero attached hydrogens (tertiary/aromatic N) is 3. The third-order valence-corrected chi connectivity index (χ3v) is 7.17. The first kappa shape index (κ1) is 21.9. The Bertz CT molecular complexity index is 943. The maximum atomic E-state index is 12.5. The first-order chi connectivity index (χ1) is 12.7. The van der Waals surface area contributed by atoms with E-state index < -0.39 is 10.0 Å². The number of hydrogen-bond acceptors (Lipinski definition) is 5. The van der Waals surface area contributed by atoms with E-state index in [4.69, 9.17) is 34.8 Å². The summed E-state index contributed by atoms with van der Waals surface area (Å²) >= 11 is 18.2. The molecule has 0 atom stereocenters. The molecule has 0 spiro atoms. The van der Waals surface area contributed by atoms with Crippen molar-refractivity contribution in [2.45, 2.75) is 25.7 Å². The number of hydrogen-bond donors (Lipinski definition) is 1. The molecule has 2 aromatic rings. The Labute approximate surface area is 174 Å². The molecule has 1 N–H and O–H groups in total. The zero-order valence-electron chi connectivity index (χ0n) is 15.0. The number of rotatable bonds is 7. The Kier molecular flexibility index (Phi) is 7.47. The Morgan fingerprint density at radius 3 is 2.33 bits per heavy atom. The molecular weight excluding hydrogens is 431 g/mol. The predicted molar refractivity (Wildman–Crippen MR) is 112 cm³/mol. The third kappa shape index (κ3) is 4.92. The number of hydrazone groups is 1. The lowest BCUT2D eigenvalue weighted by Gasteiger charge is -2.18. The molecule has 0 fully saturated rings. The van der Waals surface area contributed by atoms with Gasteiger partial charge in [0.1, 0.15) is 10.7 Å². The summed E-state index contributed by atoms with van der Waals surface area (Å²) in [6.45, 7) is 6.11. The topological polar surface area (TPSA) is 74.7 Å². The summed E-state index contributed by atoms with van der Waals surface area (Å²) in [5.74, 6) is 0.393. The molecule has 0 saturated carbocycles. The maximum absolute atomic E-state index is 12.5. The SMILES string of the molecule is CCN(CC)S(=O)(=O)c1ccc(NN=C(C)c2ccc(Cl)c(Cl)c2Cl)nc1. The van der Waals surface area contributed by atoms with Gasteiger partial charge in [0, 0.05) is 24.8 Å². The molecule has 0 unspecified atom stereocenters. The zero-order chi connectivity index (χ0) is 20.2. The van der Waals surface area contributed by atoms with Gasteiger partial charge in [-0.15, -0.1) is 0 Å². The number of anilines is 1. The maximum Gasteiger partial charge on any atom is 0.244 e. The Morgan fingerprint density at radius 2 is 1.78 bits per heavy atom. The van der Waals surface area contributed by atoms with E-state index in [9.17, 15) is 8.42 Å². The minimum Gasteiger partial charge on any atom is -0.261 e. The average Bonchev–Trinajstić information content (AvgIpc) is 2.65. The van der Waals surface area contributed by atoms with Crippen LogP contribution in [0, 0.1) is 0 Å². The number of nitrogens with one attached hydrogen (secondary N) is 1. The molecule has 27 heavy (non-hydrogen) atoms. The monoisotopic (exact) mass is 448 g/mol. The van der Waals surface area contributed by atoms with Crippen molar-refractivity contribution in [3.63, 3.8) is 0 Å². The van der Waals surface area contributed by atoms with E-state index in [0.29, 0.717) is 40.2 Å². The number of pyridine rings is 1. The summed E-state index contributed by atoms with van der Waals surface area (Å²) in [6, 6.07) is 6.38. The molecule has 1 aromatic carbocycles. The molecule has 1 heterocycles. The van der Waals surface area contributed by atoms with Crippen LogP contribution in [0.5, 0.6) is 0 Å². The number of halogens is 3. The lowest BCUT2D eigenvalue weighted by molar-refractivity contribution is 0.445. The van der Waals surface area contributed by atoms with Crippen molar-refractivity contribution in [2.75, 3.05) is 18.5 Å². The van der Waals surface area contributed by atoms with E-state index in [2.05, 4.69) is 15.5 Å². The van der Waals surface area contributed by atoms with Gasteiger partial charge < -0.3 is 0 Å². The standard InChI is InChI=1S/C17H19Cl3N4O2S/c1-4-24(5-2)27(25,26)12-6-9-15(21-10-12)23-22-11(3)13-7-8-14(18)17(20)16(13)19/h6-10H,4-5H2,1-3H3,(H,21,23). The second-order valence-corrected chi connectivity index (χ2v) is 8.60. The molecule has 0 aliphatic heterocycles. The second-order valence-electron chi connectivity index (χ2n) is 5.50. The van der Waals surface area contributed by atoms with Crippen LogP contribution in [-0.2, 0) is 10.0 Å². The smallest absolute Gasteiger partial charge is 0.244 e. The van der Waals surface area contributed by atoms with Crippen LogP contribution in [0.3, 0.4) is 0 Å². The lowest BCUT2D eigenvalue weighted by Crippen LogP contribution is -2.30. The van der Waals surface area contributed by atoms with E-state index in [1.807, 2.05) is 0 Å². The highest BCUT2D eigenvalue weighted by molar-refractivity contribution is 7.89. The van der Waals surface area contributed by atoms with Gasteiger partial charge in [0.2, 0.25) is 10.0 Å². The second kappa shape index (κ2) is 9.21. The van der Waals surface area contributed by atoms with E-state index in [1.54, 1.807) is 39.0 Å². The first-order valence-electron chi connectivity index (χ1n) is 8.12. The molecular formula is C17H19Cl3N4O2S. The molecule has 2 rings (SSSR count). The van der Waals surface area contributed by atoms with Crippen LogP contribution in [0.4, 0.5) is 5.82 Å². The molecule has 10 heteroatoms. The summed E-state index contributed by atoms with van der Waals surface area (Å²) in [7, 11) is -3.54. The Balaban J connectivity index is 2.20. The van der Waals surface area contributed by atoms with Crippen LogP contribution in [0.25, 0.3) is 0 Å². The lowest BCUT2D eigenvalue weighted by atomic mass is 10.1. The van der Waals surface area contributed by atoms with Crippen LogP contribution < -0.4 is 5.43 Å². The highest BCUT2D eigenvalue weighted by atomic mass is 35.5. The summed E-state index contributed by atoms with van der Waals surface area (Å²) in [5.41, 5.74) is 3.97. The van der Waals surface area contributed by atoms with Gasteiger partial charge in [0.25, 0.3) is 0 Å². The predicted octanol–water partition coefficient (Wildman–Crippen LogP) is 4.91. The van der Waals surface area contributed by atoms with Crippen molar-refractivity contribution in [3.05, 3.63) is 51.1 Å². The highest BCUT2D eigenvalue weighted by Crippen LogP contribution is 2.33. The molecule has 0 amide bonds. The molecule has 0 bridgehead atoms. The summed E-state index contributed by atoms with van der Waals surface area (Å²) < 4.78 is 26.3. The molecule has 0 aliphatic carbocycles. The number of sulfonamides is 1. The quantitative estimate of drug-likeness (QED) is 0.370. The van der Waals surface area contributed by atoms with E-state index in [1.165, 1.54) is 16.6 Å². The van der Waals surface area contributed by atoms with Gasteiger partial charge in [0.15, 0.2) is 0 Å². The summed E-state index contributed by atoms with van der Waals surface area (Å²) in [4.78, 5) is 4.24. The summed E-state index contributed by atoms with van der Waals surface area (Å²) in [6.07, 6.45) is 1.30. The Morgan fingerprint density at radius 1 is 1.11 bits per heavy atom. The molecule has 6 nitrogen and oxygen atoms in total. The molecule has 146 valence electrons. The molecule has 1 aromatic heterocycles. The van der Waals surface area contributed by atoms with Gasteiger partial charge in [-0.2, -0.15) is 9.41 Å². The first-order valence-corrected chi connectivity index (χ1v) is 10.7. The van der Waals surface area contributed by atoms with Crippen molar-refractivity contribution in [2.24, 2.45) is 5.10 Å². The molecule has 0 radical (unpaired) electrons.